The van der Waals surface area contributed by atoms with E-state index < -0.39 is 33.8 Å². The Morgan fingerprint density at radius 3 is 2.08 bits per heavy atom. The van der Waals surface area contributed by atoms with Crippen LogP contribution in [-0.2, 0) is 14.8 Å². The minimum Gasteiger partial charge on any atom is -0.351 e. The first-order valence-corrected chi connectivity index (χ1v) is 10.3. The Morgan fingerprint density at radius 2 is 1.62 bits per heavy atom. The summed E-state index contributed by atoms with van der Waals surface area (Å²) in [6.45, 7) is 2.19. The third kappa shape index (κ3) is 3.36. The van der Waals surface area contributed by atoms with Gasteiger partial charge in [0.2, 0.25) is 15.9 Å². The molecular weight excluding hydrogens is 358 g/mol. The second-order valence-corrected chi connectivity index (χ2v) is 8.63. The molecule has 0 aliphatic carbocycles. The predicted molar refractivity (Wildman–Crippen MR) is 94.0 cm³/mol. The van der Waals surface area contributed by atoms with Crippen LogP contribution in [0.25, 0.3) is 0 Å². The Bertz CT molecular complexity index is 824. The van der Waals surface area contributed by atoms with Crippen molar-refractivity contribution in [3.63, 3.8) is 0 Å². The molecule has 1 atom stereocenters. The summed E-state index contributed by atoms with van der Waals surface area (Å²) in [7, 11) is -3.23. The fraction of sp³-hybridized carbons (Fsp3) is 0.471. The van der Waals surface area contributed by atoms with E-state index >= 15 is 0 Å². The zero-order valence-electron chi connectivity index (χ0n) is 14.6. The Kier molecular flexibility index (Phi) is 4.85. The van der Waals surface area contributed by atoms with Gasteiger partial charge in [0.25, 0.3) is 11.8 Å². The predicted octanol–water partition coefficient (Wildman–Crippen LogP) is 0.211. The summed E-state index contributed by atoms with van der Waals surface area (Å²) < 4.78 is 24.4. The molecule has 1 aromatic carbocycles. The van der Waals surface area contributed by atoms with Crippen LogP contribution in [0, 0.1) is 0 Å². The van der Waals surface area contributed by atoms with Gasteiger partial charge in [-0.1, -0.05) is 12.1 Å². The van der Waals surface area contributed by atoms with E-state index in [1.807, 2.05) is 0 Å². The molecule has 3 rings (SSSR count). The van der Waals surface area contributed by atoms with Crippen LogP contribution >= 0.6 is 0 Å². The van der Waals surface area contributed by atoms with Gasteiger partial charge >= 0.3 is 0 Å². The fourth-order valence-corrected chi connectivity index (χ4v) is 4.20. The second-order valence-electron chi connectivity index (χ2n) is 6.65. The zero-order chi connectivity index (χ0) is 19.1. The molecular formula is C17H21N3O5S. The van der Waals surface area contributed by atoms with Gasteiger partial charge in [-0.2, -0.15) is 0 Å². The SMILES string of the molecule is CC(C(=O)NC1CCN(S(C)(=O)=O)CC1)N1C(=O)c2ccccc2C1=O. The van der Waals surface area contributed by atoms with Crippen molar-refractivity contribution in [2.45, 2.75) is 31.8 Å². The van der Waals surface area contributed by atoms with Crippen molar-refractivity contribution in [1.82, 2.24) is 14.5 Å². The molecule has 26 heavy (non-hydrogen) atoms. The largest absolute Gasteiger partial charge is 0.351 e. The summed E-state index contributed by atoms with van der Waals surface area (Å²) in [5, 5.41) is 2.83. The first-order chi connectivity index (χ1) is 12.2. The molecule has 1 aromatic rings. The van der Waals surface area contributed by atoms with E-state index in [0.29, 0.717) is 37.1 Å². The van der Waals surface area contributed by atoms with Crippen molar-refractivity contribution >= 4 is 27.7 Å². The van der Waals surface area contributed by atoms with Crippen LogP contribution in [0.5, 0.6) is 0 Å². The molecule has 1 N–H and O–H groups in total. The topological polar surface area (TPSA) is 104 Å². The highest BCUT2D eigenvalue weighted by atomic mass is 32.2. The molecule has 1 saturated heterocycles. The van der Waals surface area contributed by atoms with Crippen molar-refractivity contribution in [3.05, 3.63) is 35.4 Å². The molecule has 1 fully saturated rings. The van der Waals surface area contributed by atoms with Crippen LogP contribution in [0.15, 0.2) is 24.3 Å². The number of nitrogens with one attached hydrogen (secondary N) is 1. The minimum atomic E-state index is -3.23. The fourth-order valence-electron chi connectivity index (χ4n) is 3.33. The molecule has 0 aromatic heterocycles. The summed E-state index contributed by atoms with van der Waals surface area (Å²) in [6, 6.07) is 5.37. The van der Waals surface area contributed by atoms with Crippen molar-refractivity contribution < 1.29 is 22.8 Å². The first kappa shape index (κ1) is 18.5. The highest BCUT2D eigenvalue weighted by Crippen LogP contribution is 2.24. The molecule has 8 nitrogen and oxygen atoms in total. The summed E-state index contributed by atoms with van der Waals surface area (Å²) in [6.07, 6.45) is 2.15. The maximum absolute atomic E-state index is 12.5. The number of rotatable bonds is 4. The number of imide groups is 1. The average molecular weight is 379 g/mol. The number of amides is 3. The van der Waals surface area contributed by atoms with Crippen molar-refractivity contribution in [2.75, 3.05) is 19.3 Å². The molecule has 3 amide bonds. The lowest BCUT2D eigenvalue weighted by atomic mass is 10.1. The number of carbonyl (C=O) groups excluding carboxylic acids is 3. The van der Waals surface area contributed by atoms with E-state index in [9.17, 15) is 22.8 Å². The van der Waals surface area contributed by atoms with Crippen molar-refractivity contribution in [1.29, 1.82) is 0 Å². The first-order valence-electron chi connectivity index (χ1n) is 8.42. The molecule has 0 spiro atoms. The Hall–Kier alpha value is -2.26. The number of piperidine rings is 1. The molecule has 2 aliphatic heterocycles. The molecule has 0 radical (unpaired) electrons. The van der Waals surface area contributed by atoms with E-state index in [2.05, 4.69) is 5.32 Å². The summed E-state index contributed by atoms with van der Waals surface area (Å²) in [4.78, 5) is 38.4. The number of sulfonamides is 1. The lowest BCUT2D eigenvalue weighted by Crippen LogP contribution is -2.52. The van der Waals surface area contributed by atoms with Crippen LogP contribution in [0.3, 0.4) is 0 Å². The van der Waals surface area contributed by atoms with Gasteiger partial charge < -0.3 is 5.32 Å². The average Bonchev–Trinajstić information content (AvgIpc) is 2.85. The number of fused-ring (bicyclic) bond motifs is 1. The summed E-state index contributed by atoms with van der Waals surface area (Å²) >= 11 is 0. The molecule has 140 valence electrons. The standard InChI is InChI=1S/C17H21N3O5S/c1-11(20-16(22)13-5-3-4-6-14(13)17(20)23)15(21)18-12-7-9-19(10-8-12)26(2,24)25/h3-6,11-12H,7-10H2,1-2H3,(H,18,21). The summed E-state index contributed by atoms with van der Waals surface area (Å²) in [5.74, 6) is -1.36. The maximum atomic E-state index is 12.5. The monoisotopic (exact) mass is 379 g/mol. The smallest absolute Gasteiger partial charge is 0.262 e. The number of hydrogen-bond acceptors (Lipinski definition) is 5. The zero-order valence-corrected chi connectivity index (χ0v) is 15.5. The normalized spacial score (nSPS) is 20.2. The quantitative estimate of drug-likeness (QED) is 0.753. The van der Waals surface area contributed by atoms with Crippen LogP contribution in [0.4, 0.5) is 0 Å². The third-order valence-corrected chi connectivity index (χ3v) is 6.16. The van der Waals surface area contributed by atoms with Gasteiger partial charge in [0.05, 0.1) is 17.4 Å². The van der Waals surface area contributed by atoms with E-state index in [-0.39, 0.29) is 6.04 Å². The Labute approximate surface area is 152 Å². The minimum absolute atomic E-state index is 0.182. The van der Waals surface area contributed by atoms with Crippen molar-refractivity contribution in [3.8, 4) is 0 Å². The van der Waals surface area contributed by atoms with Gasteiger partial charge in [-0.15, -0.1) is 0 Å². The van der Waals surface area contributed by atoms with E-state index in [1.165, 1.54) is 11.2 Å². The molecule has 2 aliphatic rings. The maximum Gasteiger partial charge on any atom is 0.262 e. The Balaban J connectivity index is 1.63. The molecule has 1 unspecified atom stereocenters. The van der Waals surface area contributed by atoms with Crippen LogP contribution in [-0.4, -0.2) is 66.8 Å². The van der Waals surface area contributed by atoms with Crippen LogP contribution < -0.4 is 5.32 Å². The molecule has 2 heterocycles. The van der Waals surface area contributed by atoms with E-state index in [0.717, 1.165) is 11.2 Å². The number of benzene rings is 1. The second kappa shape index (κ2) is 6.81. The summed E-state index contributed by atoms with van der Waals surface area (Å²) in [5.41, 5.74) is 0.609. The van der Waals surface area contributed by atoms with E-state index in [4.69, 9.17) is 0 Å². The van der Waals surface area contributed by atoms with Crippen LogP contribution in [0.1, 0.15) is 40.5 Å². The van der Waals surface area contributed by atoms with Gasteiger partial charge in [0, 0.05) is 19.1 Å². The van der Waals surface area contributed by atoms with Gasteiger partial charge in [-0.05, 0) is 31.9 Å². The van der Waals surface area contributed by atoms with Gasteiger partial charge in [0.1, 0.15) is 6.04 Å². The lowest BCUT2D eigenvalue weighted by molar-refractivity contribution is -0.125. The van der Waals surface area contributed by atoms with Gasteiger partial charge in [0.15, 0.2) is 0 Å². The van der Waals surface area contributed by atoms with Crippen LogP contribution in [0.2, 0.25) is 0 Å². The van der Waals surface area contributed by atoms with Gasteiger partial charge in [-0.3, -0.25) is 19.3 Å². The molecule has 0 bridgehead atoms. The number of nitrogens with zero attached hydrogens (tertiary/aromatic N) is 2. The lowest BCUT2D eigenvalue weighted by Gasteiger charge is -2.32. The third-order valence-electron chi connectivity index (χ3n) is 4.86. The van der Waals surface area contributed by atoms with Gasteiger partial charge in [-0.25, -0.2) is 12.7 Å². The highest BCUT2D eigenvalue weighted by molar-refractivity contribution is 7.88. The molecule has 9 heteroatoms. The number of hydrogen-bond donors (Lipinski definition) is 1. The number of carbonyl (C=O) groups is 3. The molecule has 0 saturated carbocycles. The van der Waals surface area contributed by atoms with E-state index in [1.54, 1.807) is 24.3 Å². The van der Waals surface area contributed by atoms with Crippen molar-refractivity contribution in [2.24, 2.45) is 0 Å². The Morgan fingerprint density at radius 1 is 1.12 bits per heavy atom. The highest BCUT2D eigenvalue weighted by Gasteiger charge is 2.41.